The van der Waals surface area contributed by atoms with E-state index in [1.807, 2.05) is 6.07 Å². The van der Waals surface area contributed by atoms with E-state index >= 15 is 0 Å². The fraction of sp³-hybridized carbons (Fsp3) is 0.538. The van der Waals surface area contributed by atoms with E-state index in [2.05, 4.69) is 13.0 Å². The maximum absolute atomic E-state index is 13.1. The summed E-state index contributed by atoms with van der Waals surface area (Å²) in [5.41, 5.74) is 1.40. The van der Waals surface area contributed by atoms with Crippen molar-refractivity contribution in [3.05, 3.63) is 35.6 Å². The molecule has 1 aromatic carbocycles. The molecule has 1 fully saturated rings. The molecular formula is C13H17F. The van der Waals surface area contributed by atoms with Crippen LogP contribution in [0, 0.1) is 5.82 Å². The lowest BCUT2D eigenvalue weighted by Gasteiger charge is -2.34. The van der Waals surface area contributed by atoms with Crippen LogP contribution in [0.2, 0.25) is 0 Å². The first-order chi connectivity index (χ1) is 6.71. The van der Waals surface area contributed by atoms with Gasteiger partial charge in [0.05, 0.1) is 0 Å². The minimum absolute atomic E-state index is 0.103. The molecule has 0 unspecified atom stereocenters. The molecule has 0 saturated heterocycles. The number of rotatable bonds is 1. The second kappa shape index (κ2) is 3.72. The Kier molecular flexibility index (Phi) is 2.58. The minimum Gasteiger partial charge on any atom is -0.207 e. The number of hydrogen-bond acceptors (Lipinski definition) is 0. The van der Waals surface area contributed by atoms with Crippen molar-refractivity contribution in [3.63, 3.8) is 0 Å². The molecule has 76 valence electrons. The van der Waals surface area contributed by atoms with Crippen molar-refractivity contribution in [3.8, 4) is 0 Å². The fourth-order valence-corrected chi connectivity index (χ4v) is 2.48. The molecule has 1 heteroatoms. The summed E-state index contributed by atoms with van der Waals surface area (Å²) in [5, 5.41) is 0. The van der Waals surface area contributed by atoms with Gasteiger partial charge in [0.25, 0.3) is 0 Å². The molecule has 0 amide bonds. The lowest BCUT2D eigenvalue weighted by molar-refractivity contribution is 0.318. The van der Waals surface area contributed by atoms with Crippen LogP contribution in [0.25, 0.3) is 0 Å². The van der Waals surface area contributed by atoms with Crippen LogP contribution in [0.1, 0.15) is 44.6 Å². The molecule has 1 saturated carbocycles. The summed E-state index contributed by atoms with van der Waals surface area (Å²) in [6.45, 7) is 2.26. The van der Waals surface area contributed by atoms with Crippen molar-refractivity contribution in [2.24, 2.45) is 0 Å². The third-order valence-corrected chi connectivity index (χ3v) is 3.48. The van der Waals surface area contributed by atoms with Crippen molar-refractivity contribution >= 4 is 0 Å². The maximum atomic E-state index is 13.1. The van der Waals surface area contributed by atoms with Crippen LogP contribution in [0.4, 0.5) is 4.39 Å². The predicted octanol–water partition coefficient (Wildman–Crippen LogP) is 4.05. The van der Waals surface area contributed by atoms with Gasteiger partial charge in [-0.3, -0.25) is 0 Å². The van der Waals surface area contributed by atoms with Crippen molar-refractivity contribution in [1.29, 1.82) is 0 Å². The Bertz CT molecular complexity index is 311. The van der Waals surface area contributed by atoms with Crippen LogP contribution in [-0.2, 0) is 5.41 Å². The molecule has 0 N–H and O–H groups in total. The van der Waals surface area contributed by atoms with E-state index < -0.39 is 0 Å². The maximum Gasteiger partial charge on any atom is 0.123 e. The average Bonchev–Trinajstić information content (AvgIpc) is 2.19. The van der Waals surface area contributed by atoms with Gasteiger partial charge in [0.15, 0.2) is 0 Å². The van der Waals surface area contributed by atoms with Crippen LogP contribution < -0.4 is 0 Å². The topological polar surface area (TPSA) is 0 Å². The van der Waals surface area contributed by atoms with Crippen LogP contribution in [0.3, 0.4) is 0 Å². The Labute approximate surface area is 85.1 Å². The Hall–Kier alpha value is -0.850. The van der Waals surface area contributed by atoms with Gasteiger partial charge in [-0.15, -0.1) is 0 Å². The summed E-state index contributed by atoms with van der Waals surface area (Å²) in [6.07, 6.45) is 6.32. The van der Waals surface area contributed by atoms with E-state index in [0.29, 0.717) is 0 Å². The molecule has 0 aromatic heterocycles. The summed E-state index contributed by atoms with van der Waals surface area (Å²) in [4.78, 5) is 0. The van der Waals surface area contributed by atoms with Crippen LogP contribution in [-0.4, -0.2) is 0 Å². The van der Waals surface area contributed by atoms with Crippen molar-refractivity contribution in [2.45, 2.75) is 44.4 Å². The third-order valence-electron chi connectivity index (χ3n) is 3.48. The molecular weight excluding hydrogens is 175 g/mol. The quantitative estimate of drug-likeness (QED) is 0.629. The molecule has 2 rings (SSSR count). The Morgan fingerprint density at radius 2 is 1.86 bits per heavy atom. The van der Waals surface area contributed by atoms with Gasteiger partial charge in [0, 0.05) is 0 Å². The Morgan fingerprint density at radius 3 is 2.50 bits per heavy atom. The van der Waals surface area contributed by atoms with E-state index in [-0.39, 0.29) is 11.2 Å². The van der Waals surface area contributed by atoms with Crippen molar-refractivity contribution in [1.82, 2.24) is 0 Å². The van der Waals surface area contributed by atoms with Gasteiger partial charge < -0.3 is 0 Å². The lowest BCUT2D eigenvalue weighted by Crippen LogP contribution is -2.24. The van der Waals surface area contributed by atoms with Gasteiger partial charge in [0.2, 0.25) is 0 Å². The van der Waals surface area contributed by atoms with Gasteiger partial charge in [-0.05, 0) is 36.0 Å². The zero-order chi connectivity index (χ0) is 10.0. The molecule has 0 atom stereocenters. The molecule has 0 spiro atoms. The highest BCUT2D eigenvalue weighted by Gasteiger charge is 2.28. The molecule has 0 radical (unpaired) electrons. The summed E-state index contributed by atoms with van der Waals surface area (Å²) < 4.78 is 13.1. The van der Waals surface area contributed by atoms with Crippen molar-refractivity contribution in [2.75, 3.05) is 0 Å². The monoisotopic (exact) mass is 192 g/mol. The molecule has 1 aliphatic carbocycles. The average molecular weight is 192 g/mol. The highest BCUT2D eigenvalue weighted by atomic mass is 19.1. The van der Waals surface area contributed by atoms with Crippen LogP contribution in [0.5, 0.6) is 0 Å². The number of halogens is 1. The zero-order valence-electron chi connectivity index (χ0n) is 8.72. The van der Waals surface area contributed by atoms with Gasteiger partial charge in [-0.1, -0.05) is 38.3 Å². The summed E-state index contributed by atoms with van der Waals surface area (Å²) in [5.74, 6) is -0.103. The SMILES string of the molecule is CC1(c2cccc(F)c2)CCCCC1. The number of benzene rings is 1. The van der Waals surface area contributed by atoms with E-state index in [1.165, 1.54) is 43.7 Å². The summed E-state index contributed by atoms with van der Waals surface area (Å²) in [6, 6.07) is 7.11. The summed E-state index contributed by atoms with van der Waals surface area (Å²) in [7, 11) is 0. The van der Waals surface area contributed by atoms with Gasteiger partial charge in [0.1, 0.15) is 5.82 Å². The first-order valence-corrected chi connectivity index (χ1v) is 5.47. The largest absolute Gasteiger partial charge is 0.207 e. The smallest absolute Gasteiger partial charge is 0.123 e. The van der Waals surface area contributed by atoms with Gasteiger partial charge >= 0.3 is 0 Å². The highest BCUT2D eigenvalue weighted by molar-refractivity contribution is 5.25. The molecule has 1 aliphatic rings. The normalized spacial score (nSPS) is 20.7. The first kappa shape index (κ1) is 9.70. The van der Waals surface area contributed by atoms with E-state index in [9.17, 15) is 4.39 Å². The fourth-order valence-electron chi connectivity index (χ4n) is 2.48. The second-order valence-electron chi connectivity index (χ2n) is 4.63. The number of hydrogen-bond donors (Lipinski definition) is 0. The van der Waals surface area contributed by atoms with Gasteiger partial charge in [-0.25, -0.2) is 4.39 Å². The molecule has 0 heterocycles. The summed E-state index contributed by atoms with van der Waals surface area (Å²) >= 11 is 0. The molecule has 1 aromatic rings. The van der Waals surface area contributed by atoms with E-state index in [0.717, 1.165) is 0 Å². The zero-order valence-corrected chi connectivity index (χ0v) is 8.72. The second-order valence-corrected chi connectivity index (χ2v) is 4.63. The lowest BCUT2D eigenvalue weighted by atomic mass is 9.71. The highest BCUT2D eigenvalue weighted by Crippen LogP contribution is 2.38. The third kappa shape index (κ3) is 1.82. The first-order valence-electron chi connectivity index (χ1n) is 5.47. The van der Waals surface area contributed by atoms with Crippen molar-refractivity contribution < 1.29 is 4.39 Å². The molecule has 0 nitrogen and oxygen atoms in total. The Balaban J connectivity index is 2.28. The van der Waals surface area contributed by atoms with E-state index in [1.54, 1.807) is 6.07 Å². The molecule has 0 aliphatic heterocycles. The minimum atomic E-state index is -0.103. The standard InChI is InChI=1S/C13H17F/c1-13(8-3-2-4-9-13)11-6-5-7-12(14)10-11/h5-7,10H,2-4,8-9H2,1H3. The van der Waals surface area contributed by atoms with E-state index in [4.69, 9.17) is 0 Å². The van der Waals surface area contributed by atoms with Crippen LogP contribution in [0.15, 0.2) is 24.3 Å². The van der Waals surface area contributed by atoms with Gasteiger partial charge in [-0.2, -0.15) is 0 Å². The predicted molar refractivity (Wildman–Crippen MR) is 56.8 cm³/mol. The molecule has 14 heavy (non-hydrogen) atoms. The Morgan fingerprint density at radius 1 is 1.14 bits per heavy atom. The van der Waals surface area contributed by atoms with Crippen LogP contribution >= 0.6 is 0 Å². The molecule has 0 bridgehead atoms.